The van der Waals surface area contributed by atoms with Crippen molar-refractivity contribution in [3.05, 3.63) is 83.3 Å². The molecule has 0 atom stereocenters. The molecule has 0 spiro atoms. The van der Waals surface area contributed by atoms with E-state index in [0.29, 0.717) is 17.1 Å². The number of rotatable bonds is 5. The highest BCUT2D eigenvalue weighted by Gasteiger charge is 2.15. The van der Waals surface area contributed by atoms with E-state index in [1.807, 2.05) is 0 Å². The maximum atomic E-state index is 12.6. The molecule has 2 aromatic heterocycles. The molecule has 0 radical (unpaired) electrons. The largest absolute Gasteiger partial charge is 0.287 e. The minimum atomic E-state index is -3.85. The molecule has 0 aliphatic heterocycles. The van der Waals surface area contributed by atoms with Crippen LogP contribution in [0.2, 0.25) is 0 Å². The third-order valence-corrected chi connectivity index (χ3v) is 6.65. The second kappa shape index (κ2) is 7.82. The molecule has 12 heteroatoms. The maximum absolute atomic E-state index is 12.6. The van der Waals surface area contributed by atoms with Crippen molar-refractivity contribution in [3.8, 4) is 22.8 Å². The fourth-order valence-corrected chi connectivity index (χ4v) is 4.23. The van der Waals surface area contributed by atoms with Crippen LogP contribution in [0.25, 0.3) is 22.8 Å². The molecule has 10 nitrogen and oxygen atoms in total. The van der Waals surface area contributed by atoms with Gasteiger partial charge >= 0.3 is 0 Å². The Hall–Kier alpha value is -3.61. The van der Waals surface area contributed by atoms with Crippen LogP contribution in [0, 0.1) is 0 Å². The second-order valence-electron chi connectivity index (χ2n) is 6.91. The average molecular weight is 472 g/mol. The van der Waals surface area contributed by atoms with Crippen LogP contribution in [-0.4, -0.2) is 42.7 Å². The number of hydrogen-bond donors (Lipinski definition) is 1. The van der Waals surface area contributed by atoms with Gasteiger partial charge in [0.25, 0.3) is 0 Å². The first-order valence-corrected chi connectivity index (χ1v) is 12.6. The molecule has 0 amide bonds. The van der Waals surface area contributed by atoms with Gasteiger partial charge in [-0.25, -0.2) is 31.3 Å². The van der Waals surface area contributed by atoms with Crippen molar-refractivity contribution in [1.29, 1.82) is 0 Å². The van der Waals surface area contributed by atoms with E-state index in [2.05, 4.69) is 10.2 Å². The molecule has 2 aromatic carbocycles. The van der Waals surface area contributed by atoms with Crippen LogP contribution in [0.3, 0.4) is 0 Å². The lowest BCUT2D eigenvalue weighted by Gasteiger charge is -2.11. The molecule has 4 rings (SSSR count). The van der Waals surface area contributed by atoms with E-state index in [1.165, 1.54) is 64.2 Å². The predicted octanol–water partition coefficient (Wildman–Crippen LogP) is 1.14. The monoisotopic (exact) mass is 471 g/mol. The summed E-state index contributed by atoms with van der Waals surface area (Å²) in [7, 11) is -7.27. The van der Waals surface area contributed by atoms with Gasteiger partial charge in [-0.2, -0.15) is 10.2 Å². The molecule has 0 fully saturated rings. The van der Waals surface area contributed by atoms with Crippen molar-refractivity contribution in [2.24, 2.45) is 5.14 Å². The summed E-state index contributed by atoms with van der Waals surface area (Å²) in [4.78, 5) is 12.7. The van der Waals surface area contributed by atoms with Crippen LogP contribution in [-0.2, 0) is 19.9 Å². The summed E-state index contributed by atoms with van der Waals surface area (Å²) >= 11 is 0. The molecular weight excluding hydrogens is 454 g/mol. The lowest BCUT2D eigenvalue weighted by atomic mass is 10.2. The summed E-state index contributed by atoms with van der Waals surface area (Å²) in [6.45, 7) is 0. The summed E-state index contributed by atoms with van der Waals surface area (Å²) < 4.78 is 49.6. The van der Waals surface area contributed by atoms with Gasteiger partial charge in [0.05, 0.1) is 33.1 Å². The topological polar surface area (TPSA) is 147 Å². The van der Waals surface area contributed by atoms with Gasteiger partial charge < -0.3 is 0 Å². The number of primary sulfonamides is 1. The summed E-state index contributed by atoms with van der Waals surface area (Å²) in [5, 5.41) is 13.7. The molecule has 164 valence electrons. The van der Waals surface area contributed by atoms with Crippen molar-refractivity contribution in [1.82, 2.24) is 19.6 Å². The molecule has 0 unspecified atom stereocenters. The highest BCUT2D eigenvalue weighted by molar-refractivity contribution is 7.90. The zero-order valence-electron chi connectivity index (χ0n) is 16.7. The molecular formula is C20H17N5O5S2. The van der Waals surface area contributed by atoms with E-state index in [0.717, 1.165) is 6.26 Å². The van der Waals surface area contributed by atoms with Gasteiger partial charge in [-0.3, -0.25) is 4.79 Å². The van der Waals surface area contributed by atoms with Gasteiger partial charge in [-0.15, -0.1) is 0 Å². The first-order chi connectivity index (χ1) is 15.0. The van der Waals surface area contributed by atoms with Crippen molar-refractivity contribution < 1.29 is 16.8 Å². The maximum Gasteiger partial charge on any atom is 0.238 e. The van der Waals surface area contributed by atoms with E-state index < -0.39 is 19.9 Å². The zero-order chi connectivity index (χ0) is 23.1. The first kappa shape index (κ1) is 21.6. The fraction of sp³-hybridized carbons (Fsp3) is 0.0500. The smallest absolute Gasteiger partial charge is 0.238 e. The molecule has 0 aliphatic rings. The van der Waals surface area contributed by atoms with Crippen molar-refractivity contribution in [2.75, 3.05) is 6.26 Å². The van der Waals surface area contributed by atoms with Gasteiger partial charge in [0, 0.05) is 18.5 Å². The van der Waals surface area contributed by atoms with Gasteiger partial charge in [-0.05, 0) is 48.5 Å². The van der Waals surface area contributed by atoms with E-state index in [-0.39, 0.29) is 20.9 Å². The summed E-state index contributed by atoms with van der Waals surface area (Å²) in [5.41, 5.74) is 1.02. The molecule has 0 aliphatic carbocycles. The summed E-state index contributed by atoms with van der Waals surface area (Å²) in [5.74, 6) is 0. The third-order valence-electron chi connectivity index (χ3n) is 4.61. The van der Waals surface area contributed by atoms with E-state index in [1.54, 1.807) is 18.2 Å². The standard InChI is InChI=1S/C20H17N5O5S2/c1-31(27,28)17-4-2-3-15(13-17)24-12-10-19(26)20(23-24)18-9-11-22-25(18)14-5-7-16(8-6-14)32(21,29)30/h2-13H,1H3,(H2,21,29,30). The van der Waals surface area contributed by atoms with Gasteiger partial charge in [0.15, 0.2) is 15.5 Å². The summed E-state index contributed by atoms with van der Waals surface area (Å²) in [6.07, 6.45) is 4.02. The van der Waals surface area contributed by atoms with E-state index >= 15 is 0 Å². The highest BCUT2D eigenvalue weighted by Crippen LogP contribution is 2.20. The Morgan fingerprint density at radius 2 is 1.59 bits per heavy atom. The van der Waals surface area contributed by atoms with E-state index in [9.17, 15) is 21.6 Å². The van der Waals surface area contributed by atoms with Crippen LogP contribution < -0.4 is 10.6 Å². The van der Waals surface area contributed by atoms with Crippen molar-refractivity contribution in [2.45, 2.75) is 9.79 Å². The van der Waals surface area contributed by atoms with Crippen molar-refractivity contribution in [3.63, 3.8) is 0 Å². The molecule has 0 saturated carbocycles. The Bertz CT molecular complexity index is 1590. The lowest BCUT2D eigenvalue weighted by molar-refractivity contribution is 0.597. The minimum Gasteiger partial charge on any atom is -0.287 e. The first-order valence-electron chi connectivity index (χ1n) is 9.12. The Morgan fingerprint density at radius 3 is 2.25 bits per heavy atom. The van der Waals surface area contributed by atoms with Gasteiger partial charge in [0.1, 0.15) is 0 Å². The number of hydrogen-bond acceptors (Lipinski definition) is 7. The van der Waals surface area contributed by atoms with E-state index in [4.69, 9.17) is 5.14 Å². The Balaban J connectivity index is 1.81. The van der Waals surface area contributed by atoms with Crippen LogP contribution in [0.1, 0.15) is 0 Å². The molecule has 0 bridgehead atoms. The number of nitrogens with two attached hydrogens (primary N) is 1. The van der Waals surface area contributed by atoms with Gasteiger partial charge in [0.2, 0.25) is 15.5 Å². The number of sulfonamides is 1. The Morgan fingerprint density at radius 1 is 0.875 bits per heavy atom. The predicted molar refractivity (Wildman–Crippen MR) is 117 cm³/mol. The normalized spacial score (nSPS) is 12.1. The Labute approximate surface area is 183 Å². The number of sulfone groups is 1. The Kier molecular flexibility index (Phi) is 5.28. The fourth-order valence-electron chi connectivity index (χ4n) is 3.05. The van der Waals surface area contributed by atoms with Crippen LogP contribution >= 0.6 is 0 Å². The molecule has 2 heterocycles. The van der Waals surface area contributed by atoms with Crippen molar-refractivity contribution >= 4 is 19.9 Å². The van der Waals surface area contributed by atoms with Crippen LogP contribution in [0.4, 0.5) is 0 Å². The summed E-state index contributed by atoms with van der Waals surface area (Å²) in [6, 6.07) is 14.8. The number of aromatic nitrogens is 4. The second-order valence-corrected chi connectivity index (χ2v) is 10.5. The highest BCUT2D eigenvalue weighted by atomic mass is 32.2. The molecule has 4 aromatic rings. The van der Waals surface area contributed by atoms with Crippen LogP contribution in [0.15, 0.2) is 87.6 Å². The number of nitrogens with zero attached hydrogens (tertiary/aromatic N) is 4. The lowest BCUT2D eigenvalue weighted by Crippen LogP contribution is -2.15. The zero-order valence-corrected chi connectivity index (χ0v) is 18.3. The molecule has 2 N–H and O–H groups in total. The number of benzene rings is 2. The SMILES string of the molecule is CS(=O)(=O)c1cccc(-n2ccc(=O)c(-c3ccnn3-c3ccc(S(N)(=O)=O)cc3)n2)c1. The minimum absolute atomic E-state index is 0.0547. The molecule has 32 heavy (non-hydrogen) atoms. The quantitative estimate of drug-likeness (QED) is 0.459. The average Bonchev–Trinajstić information content (AvgIpc) is 3.23. The van der Waals surface area contributed by atoms with Crippen LogP contribution in [0.5, 0.6) is 0 Å². The third kappa shape index (κ3) is 4.23. The molecule has 0 saturated heterocycles. The van der Waals surface area contributed by atoms with Gasteiger partial charge in [-0.1, -0.05) is 6.07 Å².